The number of fused-ring (bicyclic) bond motifs is 2. The summed E-state index contributed by atoms with van der Waals surface area (Å²) in [6, 6.07) is 9.59. The number of hydrogen-bond acceptors (Lipinski definition) is 4. The number of amides is 1. The Morgan fingerprint density at radius 1 is 1.37 bits per heavy atom. The molecule has 30 heavy (non-hydrogen) atoms. The summed E-state index contributed by atoms with van der Waals surface area (Å²) in [6.07, 6.45) is 4.55. The van der Waals surface area contributed by atoms with Gasteiger partial charge in [-0.2, -0.15) is 5.10 Å². The van der Waals surface area contributed by atoms with E-state index in [0.717, 1.165) is 35.1 Å². The van der Waals surface area contributed by atoms with Crippen molar-refractivity contribution in [2.24, 2.45) is 0 Å². The van der Waals surface area contributed by atoms with Crippen LogP contribution in [0, 0.1) is 0 Å². The van der Waals surface area contributed by atoms with Crippen molar-refractivity contribution in [2.45, 2.75) is 44.9 Å². The number of aromatic amines is 1. The van der Waals surface area contributed by atoms with Crippen molar-refractivity contribution in [2.75, 3.05) is 5.32 Å². The SMILES string of the molecule is C=CC[C@H]1NCc2cc(N[C@H](C(=O)NC(C)C)c3cc(Cl)cc4[nH]ncc34)ccc21. The Kier molecular flexibility index (Phi) is 5.79. The van der Waals surface area contributed by atoms with E-state index in [1.165, 1.54) is 11.1 Å². The highest BCUT2D eigenvalue weighted by molar-refractivity contribution is 6.31. The molecule has 2 heterocycles. The van der Waals surface area contributed by atoms with E-state index < -0.39 is 6.04 Å². The molecule has 3 aromatic rings. The van der Waals surface area contributed by atoms with Crippen LogP contribution < -0.4 is 16.0 Å². The van der Waals surface area contributed by atoms with Gasteiger partial charge in [-0.3, -0.25) is 9.89 Å². The van der Waals surface area contributed by atoms with Crippen molar-refractivity contribution in [3.63, 3.8) is 0 Å². The molecule has 6 nitrogen and oxygen atoms in total. The topological polar surface area (TPSA) is 81.8 Å². The molecule has 156 valence electrons. The first-order valence-corrected chi connectivity index (χ1v) is 10.5. The summed E-state index contributed by atoms with van der Waals surface area (Å²) < 4.78 is 0. The quantitative estimate of drug-likeness (QED) is 0.418. The third-order valence-electron chi connectivity index (χ3n) is 5.33. The van der Waals surface area contributed by atoms with Crippen molar-refractivity contribution in [3.8, 4) is 0 Å². The van der Waals surface area contributed by atoms with E-state index in [2.05, 4.69) is 44.9 Å². The molecule has 0 unspecified atom stereocenters. The van der Waals surface area contributed by atoms with Gasteiger partial charge in [-0.1, -0.05) is 23.7 Å². The minimum Gasteiger partial charge on any atom is -0.370 e. The molecule has 0 saturated carbocycles. The van der Waals surface area contributed by atoms with Crippen molar-refractivity contribution >= 4 is 34.1 Å². The predicted octanol–water partition coefficient (Wildman–Crippen LogP) is 4.61. The fraction of sp³-hybridized carbons (Fsp3) is 0.304. The predicted molar refractivity (Wildman–Crippen MR) is 122 cm³/mol. The van der Waals surface area contributed by atoms with Gasteiger partial charge in [0.05, 0.1) is 11.7 Å². The van der Waals surface area contributed by atoms with Crippen LogP contribution in [0.1, 0.15) is 49.0 Å². The van der Waals surface area contributed by atoms with Crippen LogP contribution >= 0.6 is 11.6 Å². The Bertz CT molecular complexity index is 1090. The average Bonchev–Trinajstić information content (AvgIpc) is 3.32. The van der Waals surface area contributed by atoms with Crippen LogP contribution in [0.5, 0.6) is 0 Å². The lowest BCUT2D eigenvalue weighted by Gasteiger charge is -2.23. The molecule has 2 aromatic carbocycles. The largest absolute Gasteiger partial charge is 0.370 e. The number of aromatic nitrogens is 2. The zero-order valence-electron chi connectivity index (χ0n) is 17.1. The van der Waals surface area contributed by atoms with Gasteiger partial charge in [-0.25, -0.2) is 0 Å². The van der Waals surface area contributed by atoms with Crippen molar-refractivity contribution in [1.82, 2.24) is 20.8 Å². The standard InChI is InChI=1S/C23H26ClN5O/c1-4-5-20-17-7-6-16(8-14(17)11-25-20)28-22(23(30)27-13(2)3)18-9-15(24)10-21-19(18)12-26-29-21/h4,6-10,12-13,20,22,25,28H,1,5,11H2,2-3H3,(H,26,29)(H,27,30)/t20-,22+/m1/s1. The van der Waals surface area contributed by atoms with Gasteiger partial charge in [0.2, 0.25) is 5.91 Å². The molecule has 0 bridgehead atoms. The number of nitrogens with one attached hydrogen (secondary N) is 4. The van der Waals surface area contributed by atoms with Crippen LogP contribution in [-0.2, 0) is 11.3 Å². The fourth-order valence-corrected chi connectivity index (χ4v) is 4.24. The summed E-state index contributed by atoms with van der Waals surface area (Å²) in [6.45, 7) is 8.54. The van der Waals surface area contributed by atoms with Gasteiger partial charge < -0.3 is 16.0 Å². The highest BCUT2D eigenvalue weighted by Gasteiger charge is 2.26. The number of carbonyl (C=O) groups is 1. The molecular formula is C23H26ClN5O. The molecular weight excluding hydrogens is 398 g/mol. The van der Waals surface area contributed by atoms with Crippen LogP contribution in [-0.4, -0.2) is 22.1 Å². The number of halogens is 1. The number of hydrogen-bond donors (Lipinski definition) is 4. The molecule has 7 heteroatoms. The van der Waals surface area contributed by atoms with E-state index in [4.69, 9.17) is 11.6 Å². The van der Waals surface area contributed by atoms with Crippen LogP contribution in [0.2, 0.25) is 5.02 Å². The summed E-state index contributed by atoms with van der Waals surface area (Å²) in [5, 5.41) is 18.4. The van der Waals surface area contributed by atoms with Crippen LogP contribution in [0.15, 0.2) is 49.2 Å². The molecule has 1 aliphatic heterocycles. The number of carbonyl (C=O) groups excluding carboxylic acids is 1. The monoisotopic (exact) mass is 423 g/mol. The first-order valence-electron chi connectivity index (χ1n) is 10.1. The maximum Gasteiger partial charge on any atom is 0.247 e. The first kappa shape index (κ1) is 20.4. The highest BCUT2D eigenvalue weighted by Crippen LogP contribution is 2.33. The first-order chi connectivity index (χ1) is 14.5. The number of nitrogens with zero attached hydrogens (tertiary/aromatic N) is 1. The molecule has 1 amide bonds. The normalized spacial score (nSPS) is 16.5. The van der Waals surface area contributed by atoms with Gasteiger partial charge in [-0.05, 0) is 61.2 Å². The Morgan fingerprint density at radius 3 is 2.97 bits per heavy atom. The Labute approximate surface area is 181 Å². The summed E-state index contributed by atoms with van der Waals surface area (Å²) in [5.74, 6) is -0.113. The Balaban J connectivity index is 1.70. The van der Waals surface area contributed by atoms with Gasteiger partial charge in [0, 0.05) is 34.7 Å². The molecule has 0 aliphatic carbocycles. The number of anilines is 1. The van der Waals surface area contributed by atoms with E-state index in [0.29, 0.717) is 11.1 Å². The second-order valence-electron chi connectivity index (χ2n) is 7.94. The molecule has 1 aromatic heterocycles. The minimum absolute atomic E-state index is 0.0182. The van der Waals surface area contributed by atoms with Crippen molar-refractivity contribution < 1.29 is 4.79 Å². The van der Waals surface area contributed by atoms with Crippen LogP contribution in [0.4, 0.5) is 5.69 Å². The van der Waals surface area contributed by atoms with Crippen LogP contribution in [0.25, 0.3) is 10.9 Å². The molecule has 4 N–H and O–H groups in total. The van der Waals surface area contributed by atoms with Crippen molar-refractivity contribution in [1.29, 1.82) is 0 Å². The van der Waals surface area contributed by atoms with Gasteiger partial charge in [0.15, 0.2) is 0 Å². The lowest BCUT2D eigenvalue weighted by Crippen LogP contribution is -2.37. The minimum atomic E-state index is -0.609. The summed E-state index contributed by atoms with van der Waals surface area (Å²) in [7, 11) is 0. The second kappa shape index (κ2) is 8.50. The average molecular weight is 424 g/mol. The lowest BCUT2D eigenvalue weighted by molar-refractivity contribution is -0.122. The second-order valence-corrected chi connectivity index (χ2v) is 8.37. The van der Waals surface area contributed by atoms with Gasteiger partial charge >= 0.3 is 0 Å². The zero-order chi connectivity index (χ0) is 21.3. The summed E-state index contributed by atoms with van der Waals surface area (Å²) >= 11 is 6.34. The van der Waals surface area contributed by atoms with Crippen molar-refractivity contribution in [3.05, 3.63) is 70.9 Å². The molecule has 4 rings (SSSR count). The molecule has 0 fully saturated rings. The third kappa shape index (κ3) is 4.06. The Hall–Kier alpha value is -2.83. The number of rotatable bonds is 7. The molecule has 1 aliphatic rings. The van der Waals surface area contributed by atoms with E-state index in [1.807, 2.05) is 38.1 Å². The zero-order valence-corrected chi connectivity index (χ0v) is 17.9. The van der Waals surface area contributed by atoms with Crippen LogP contribution in [0.3, 0.4) is 0 Å². The van der Waals surface area contributed by atoms with E-state index >= 15 is 0 Å². The summed E-state index contributed by atoms with van der Waals surface area (Å²) in [5.41, 5.74) is 4.98. The Morgan fingerprint density at radius 2 is 2.20 bits per heavy atom. The van der Waals surface area contributed by atoms with E-state index in [1.54, 1.807) is 6.20 Å². The molecule has 2 atom stereocenters. The smallest absolute Gasteiger partial charge is 0.247 e. The maximum absolute atomic E-state index is 13.1. The van der Waals surface area contributed by atoms with Gasteiger partial charge in [0.25, 0.3) is 0 Å². The van der Waals surface area contributed by atoms with E-state index in [9.17, 15) is 4.79 Å². The maximum atomic E-state index is 13.1. The molecule has 0 saturated heterocycles. The number of benzene rings is 2. The highest BCUT2D eigenvalue weighted by atomic mass is 35.5. The lowest BCUT2D eigenvalue weighted by atomic mass is 9.99. The van der Waals surface area contributed by atoms with Gasteiger partial charge in [-0.15, -0.1) is 6.58 Å². The molecule has 0 radical (unpaired) electrons. The van der Waals surface area contributed by atoms with E-state index in [-0.39, 0.29) is 11.9 Å². The number of H-pyrrole nitrogens is 1. The fourth-order valence-electron chi connectivity index (χ4n) is 4.01. The third-order valence-corrected chi connectivity index (χ3v) is 5.55. The molecule has 0 spiro atoms. The summed E-state index contributed by atoms with van der Waals surface area (Å²) in [4.78, 5) is 13.1. The van der Waals surface area contributed by atoms with Gasteiger partial charge in [0.1, 0.15) is 6.04 Å².